The van der Waals surface area contributed by atoms with Crippen molar-refractivity contribution < 1.29 is 14.1 Å². The third-order valence-electron chi connectivity index (χ3n) is 5.93. The van der Waals surface area contributed by atoms with Crippen LogP contribution >= 0.6 is 11.3 Å². The Balaban J connectivity index is 1.37. The summed E-state index contributed by atoms with van der Waals surface area (Å²) >= 11 is 1.45. The molecule has 2 unspecified atom stereocenters. The molecule has 0 radical (unpaired) electrons. The number of anilines is 1. The topological polar surface area (TPSA) is 93.4 Å². The molecule has 5 rings (SSSR count). The van der Waals surface area contributed by atoms with Crippen LogP contribution in [0.5, 0.6) is 0 Å². The summed E-state index contributed by atoms with van der Waals surface area (Å²) in [6, 6.07) is 1.91. The maximum atomic E-state index is 13.3. The molecule has 9 heteroatoms. The first-order chi connectivity index (χ1) is 15.4. The number of rotatable bonds is 6. The second-order valence-corrected chi connectivity index (χ2v) is 10.2. The number of hydrogen-bond donors (Lipinski definition) is 1. The monoisotopic (exact) mass is 455 g/mol. The summed E-state index contributed by atoms with van der Waals surface area (Å²) < 4.78 is 11.3. The zero-order valence-corrected chi connectivity index (χ0v) is 19.7. The third-order valence-corrected chi connectivity index (χ3v) is 6.74. The number of nitrogens with one attached hydrogen (secondary N) is 1. The molecule has 3 aromatic rings. The lowest BCUT2D eigenvalue weighted by molar-refractivity contribution is -0.0707. The number of ether oxygens (including phenoxy) is 1. The molecular formula is C23H29N5O3S. The van der Waals surface area contributed by atoms with E-state index in [2.05, 4.69) is 39.2 Å². The van der Waals surface area contributed by atoms with Gasteiger partial charge in [-0.05, 0) is 38.7 Å². The molecule has 32 heavy (non-hydrogen) atoms. The first kappa shape index (κ1) is 21.5. The average Bonchev–Trinajstić information content (AvgIpc) is 3.34. The Bertz CT molecular complexity index is 1130. The zero-order chi connectivity index (χ0) is 22.4. The normalized spacial score (nSPS) is 22.0. The minimum absolute atomic E-state index is 0.126. The van der Waals surface area contributed by atoms with Crippen LogP contribution in [0.1, 0.15) is 79.8 Å². The van der Waals surface area contributed by atoms with Gasteiger partial charge in [0.25, 0.3) is 11.6 Å². The molecular weight excluding hydrogens is 426 g/mol. The Kier molecular flexibility index (Phi) is 5.73. The number of amides is 1. The van der Waals surface area contributed by atoms with Crippen LogP contribution in [-0.2, 0) is 11.3 Å². The summed E-state index contributed by atoms with van der Waals surface area (Å²) in [7, 11) is 0. The molecule has 4 heterocycles. The Morgan fingerprint density at radius 3 is 2.69 bits per heavy atom. The van der Waals surface area contributed by atoms with E-state index in [0.29, 0.717) is 27.7 Å². The van der Waals surface area contributed by atoms with Crippen LogP contribution in [-0.4, -0.2) is 51.2 Å². The van der Waals surface area contributed by atoms with Crippen LogP contribution in [0.25, 0.3) is 11.1 Å². The molecule has 3 aromatic heterocycles. The summed E-state index contributed by atoms with van der Waals surface area (Å²) in [6.07, 6.45) is 2.62. The van der Waals surface area contributed by atoms with Crippen molar-refractivity contribution in [2.45, 2.75) is 71.1 Å². The first-order valence-electron chi connectivity index (χ1n) is 11.3. The number of fused-ring (bicyclic) bond motifs is 1. The Morgan fingerprint density at radius 1 is 1.25 bits per heavy atom. The van der Waals surface area contributed by atoms with Gasteiger partial charge in [0.2, 0.25) is 0 Å². The highest BCUT2D eigenvalue weighted by Crippen LogP contribution is 2.41. The van der Waals surface area contributed by atoms with Crippen molar-refractivity contribution in [3.63, 3.8) is 0 Å². The van der Waals surface area contributed by atoms with Crippen molar-refractivity contribution in [1.29, 1.82) is 0 Å². The zero-order valence-electron chi connectivity index (χ0n) is 18.9. The smallest absolute Gasteiger partial charge is 0.259 e. The SMILES string of the molecule is CC1CN(Cc2csc(NC(=O)c3cc(C4CC4)nc4onc(C(C)C)c34)n2)CC(C)O1. The maximum absolute atomic E-state index is 13.3. The second kappa shape index (κ2) is 8.53. The van der Waals surface area contributed by atoms with Gasteiger partial charge < -0.3 is 9.26 Å². The molecule has 1 saturated carbocycles. The number of aromatic nitrogens is 3. The Morgan fingerprint density at radius 2 is 2.00 bits per heavy atom. The quantitative estimate of drug-likeness (QED) is 0.583. The van der Waals surface area contributed by atoms with E-state index in [4.69, 9.17) is 9.26 Å². The Labute approximate surface area is 191 Å². The van der Waals surface area contributed by atoms with Gasteiger partial charge in [-0.15, -0.1) is 11.3 Å². The van der Waals surface area contributed by atoms with E-state index < -0.39 is 0 Å². The van der Waals surface area contributed by atoms with Crippen LogP contribution < -0.4 is 5.32 Å². The predicted molar refractivity (Wildman–Crippen MR) is 123 cm³/mol. The molecule has 2 aliphatic rings. The standard InChI is InChI=1S/C23H29N5O3S/c1-12(2)20-19-17(7-18(15-5-6-15)25-22(19)31-27-20)21(29)26-23-24-16(11-32-23)10-28-8-13(3)30-14(4)9-28/h7,11-15H,5-6,8-10H2,1-4H3,(H,24,26,29). The molecule has 8 nitrogen and oxygen atoms in total. The second-order valence-electron chi connectivity index (χ2n) is 9.32. The number of carbonyl (C=O) groups is 1. The van der Waals surface area contributed by atoms with E-state index in [9.17, 15) is 4.79 Å². The summed E-state index contributed by atoms with van der Waals surface area (Å²) in [5.74, 6) is 0.336. The van der Waals surface area contributed by atoms with Gasteiger partial charge in [0, 0.05) is 36.6 Å². The first-order valence-corrected chi connectivity index (χ1v) is 12.2. The number of hydrogen-bond acceptors (Lipinski definition) is 8. The van der Waals surface area contributed by atoms with Gasteiger partial charge >= 0.3 is 0 Å². The molecule has 1 saturated heterocycles. The average molecular weight is 456 g/mol. The van der Waals surface area contributed by atoms with E-state index in [0.717, 1.165) is 49.6 Å². The van der Waals surface area contributed by atoms with E-state index in [1.54, 1.807) is 0 Å². The van der Waals surface area contributed by atoms with Crippen molar-refractivity contribution in [1.82, 2.24) is 20.0 Å². The van der Waals surface area contributed by atoms with E-state index in [-0.39, 0.29) is 24.0 Å². The van der Waals surface area contributed by atoms with Gasteiger partial charge in [0.1, 0.15) is 0 Å². The van der Waals surface area contributed by atoms with Crippen molar-refractivity contribution in [2.24, 2.45) is 0 Å². The highest BCUT2D eigenvalue weighted by atomic mass is 32.1. The van der Waals surface area contributed by atoms with Gasteiger partial charge in [-0.3, -0.25) is 15.0 Å². The molecule has 1 N–H and O–H groups in total. The minimum atomic E-state index is -0.195. The van der Waals surface area contributed by atoms with Crippen LogP contribution in [0.2, 0.25) is 0 Å². The number of pyridine rings is 1. The van der Waals surface area contributed by atoms with Crippen molar-refractivity contribution in [3.8, 4) is 0 Å². The summed E-state index contributed by atoms with van der Waals surface area (Å²) in [5, 5.41) is 10.5. The molecule has 1 aliphatic heterocycles. The highest BCUT2D eigenvalue weighted by molar-refractivity contribution is 7.14. The lowest BCUT2D eigenvalue weighted by Crippen LogP contribution is -2.44. The Hall–Kier alpha value is -2.36. The summed E-state index contributed by atoms with van der Waals surface area (Å²) in [5.41, 5.74) is 3.63. The molecule has 170 valence electrons. The predicted octanol–water partition coefficient (Wildman–Crippen LogP) is 4.54. The number of morpholine rings is 1. The molecule has 1 aliphatic carbocycles. The van der Waals surface area contributed by atoms with Crippen molar-refractivity contribution in [3.05, 3.63) is 34.1 Å². The van der Waals surface area contributed by atoms with Crippen LogP contribution in [0, 0.1) is 0 Å². The summed E-state index contributed by atoms with van der Waals surface area (Å²) in [6.45, 7) is 10.8. The largest absolute Gasteiger partial charge is 0.373 e. The lowest BCUT2D eigenvalue weighted by atomic mass is 10.0. The van der Waals surface area contributed by atoms with Gasteiger partial charge in [-0.1, -0.05) is 19.0 Å². The van der Waals surface area contributed by atoms with Crippen LogP contribution in [0.3, 0.4) is 0 Å². The van der Waals surface area contributed by atoms with Crippen LogP contribution in [0.4, 0.5) is 5.13 Å². The molecule has 1 amide bonds. The molecule has 2 atom stereocenters. The molecule has 0 bridgehead atoms. The van der Waals surface area contributed by atoms with Gasteiger partial charge in [-0.25, -0.2) is 9.97 Å². The fraction of sp³-hybridized carbons (Fsp3) is 0.565. The maximum Gasteiger partial charge on any atom is 0.259 e. The van der Waals surface area contributed by atoms with Gasteiger partial charge in [0.05, 0.1) is 34.5 Å². The number of nitrogens with zero attached hydrogens (tertiary/aromatic N) is 4. The summed E-state index contributed by atoms with van der Waals surface area (Å²) in [4.78, 5) is 25.0. The number of carbonyl (C=O) groups excluding carboxylic acids is 1. The number of thiazole rings is 1. The van der Waals surface area contributed by atoms with Gasteiger partial charge in [0.15, 0.2) is 5.13 Å². The van der Waals surface area contributed by atoms with Crippen molar-refractivity contribution >= 4 is 33.5 Å². The van der Waals surface area contributed by atoms with Gasteiger partial charge in [-0.2, -0.15) is 0 Å². The fourth-order valence-electron chi connectivity index (χ4n) is 4.40. The van der Waals surface area contributed by atoms with E-state index >= 15 is 0 Å². The molecule has 0 aromatic carbocycles. The lowest BCUT2D eigenvalue weighted by Gasteiger charge is -2.34. The fourth-order valence-corrected chi connectivity index (χ4v) is 5.09. The minimum Gasteiger partial charge on any atom is -0.373 e. The van der Waals surface area contributed by atoms with E-state index in [1.165, 1.54) is 11.3 Å². The highest BCUT2D eigenvalue weighted by Gasteiger charge is 2.30. The molecule has 2 fully saturated rings. The molecule has 0 spiro atoms. The third kappa shape index (κ3) is 4.42. The van der Waals surface area contributed by atoms with Crippen molar-refractivity contribution in [2.75, 3.05) is 18.4 Å². The van der Waals surface area contributed by atoms with E-state index in [1.807, 2.05) is 25.3 Å². The van der Waals surface area contributed by atoms with Crippen LogP contribution in [0.15, 0.2) is 16.0 Å².